The Kier molecular flexibility index (Phi) is 3.75. The van der Waals surface area contributed by atoms with E-state index in [0.717, 1.165) is 21.8 Å². The number of thioether (sulfide) groups is 1. The Bertz CT molecular complexity index is 688. The first-order valence-corrected chi connectivity index (χ1v) is 7.72. The van der Waals surface area contributed by atoms with Crippen LogP contribution in [-0.4, -0.2) is 16.8 Å². The molecular weight excluding hydrogens is 284 g/mol. The molecule has 2 aromatic rings. The molecule has 1 aliphatic heterocycles. The third-order valence-electron chi connectivity index (χ3n) is 3.37. The Morgan fingerprint density at radius 1 is 1.29 bits per heavy atom. The maximum atomic E-state index is 11.4. The number of amides is 1. The van der Waals surface area contributed by atoms with Crippen LogP contribution in [0.4, 0.5) is 11.4 Å². The summed E-state index contributed by atoms with van der Waals surface area (Å²) in [7, 11) is 0. The fourth-order valence-corrected chi connectivity index (χ4v) is 3.09. The van der Waals surface area contributed by atoms with Gasteiger partial charge in [0.15, 0.2) is 0 Å². The number of phenolic OH excluding ortho intramolecular Hbond substituents is 1. The molecule has 0 saturated heterocycles. The van der Waals surface area contributed by atoms with Gasteiger partial charge in [-0.15, -0.1) is 11.8 Å². The van der Waals surface area contributed by atoms with Crippen LogP contribution in [0.2, 0.25) is 0 Å². The van der Waals surface area contributed by atoms with E-state index in [1.54, 1.807) is 23.9 Å². The van der Waals surface area contributed by atoms with E-state index >= 15 is 0 Å². The molecule has 3 rings (SSSR count). The van der Waals surface area contributed by atoms with E-state index in [4.69, 9.17) is 0 Å². The molecule has 1 unspecified atom stereocenters. The Labute approximate surface area is 127 Å². The highest BCUT2D eigenvalue weighted by atomic mass is 32.2. The van der Waals surface area contributed by atoms with E-state index in [1.165, 1.54) is 0 Å². The molecule has 2 aromatic carbocycles. The summed E-state index contributed by atoms with van der Waals surface area (Å²) in [6.45, 7) is 2.03. The summed E-state index contributed by atoms with van der Waals surface area (Å²) in [4.78, 5) is 12.5. The van der Waals surface area contributed by atoms with Gasteiger partial charge in [-0.3, -0.25) is 4.79 Å². The van der Waals surface area contributed by atoms with Crippen LogP contribution in [0.25, 0.3) is 0 Å². The lowest BCUT2D eigenvalue weighted by Crippen LogP contribution is -2.18. The van der Waals surface area contributed by atoms with E-state index in [-0.39, 0.29) is 17.7 Å². The van der Waals surface area contributed by atoms with Crippen LogP contribution in [0.3, 0.4) is 0 Å². The van der Waals surface area contributed by atoms with Gasteiger partial charge in [0.2, 0.25) is 5.91 Å². The first-order chi connectivity index (χ1) is 10.1. The first-order valence-electron chi connectivity index (χ1n) is 6.74. The number of carbonyl (C=O) groups excluding carboxylic acids is 1. The summed E-state index contributed by atoms with van der Waals surface area (Å²) in [5.74, 6) is 0.764. The third-order valence-corrected chi connectivity index (χ3v) is 4.44. The molecule has 0 radical (unpaired) electrons. The van der Waals surface area contributed by atoms with Crippen molar-refractivity contribution in [2.75, 3.05) is 16.4 Å². The average molecular weight is 300 g/mol. The second-order valence-electron chi connectivity index (χ2n) is 5.01. The summed E-state index contributed by atoms with van der Waals surface area (Å²) in [6.07, 6.45) is 0. The number of fused-ring (bicyclic) bond motifs is 1. The Balaban J connectivity index is 1.79. The van der Waals surface area contributed by atoms with Crippen molar-refractivity contribution in [2.24, 2.45) is 0 Å². The minimum Gasteiger partial charge on any atom is -0.508 e. The average Bonchev–Trinajstić information content (AvgIpc) is 2.46. The lowest BCUT2D eigenvalue weighted by atomic mass is 10.1. The predicted molar refractivity (Wildman–Crippen MR) is 85.9 cm³/mol. The van der Waals surface area contributed by atoms with Crippen molar-refractivity contribution in [3.8, 4) is 5.75 Å². The zero-order valence-corrected chi connectivity index (χ0v) is 12.4. The quantitative estimate of drug-likeness (QED) is 0.810. The summed E-state index contributed by atoms with van der Waals surface area (Å²) in [6, 6.07) is 13.2. The van der Waals surface area contributed by atoms with Crippen molar-refractivity contribution in [1.82, 2.24) is 0 Å². The third kappa shape index (κ3) is 3.13. The molecule has 0 spiro atoms. The van der Waals surface area contributed by atoms with Gasteiger partial charge in [0.25, 0.3) is 0 Å². The molecule has 0 aromatic heterocycles. The van der Waals surface area contributed by atoms with E-state index in [2.05, 4.69) is 10.6 Å². The molecule has 1 amide bonds. The van der Waals surface area contributed by atoms with Gasteiger partial charge in [0.05, 0.1) is 11.4 Å². The number of carbonyl (C=O) groups is 1. The molecule has 0 aliphatic carbocycles. The number of hydrogen-bond acceptors (Lipinski definition) is 4. The van der Waals surface area contributed by atoms with Gasteiger partial charge in [-0.05, 0) is 42.8 Å². The number of hydrogen-bond donors (Lipinski definition) is 3. The van der Waals surface area contributed by atoms with Gasteiger partial charge in [-0.1, -0.05) is 12.1 Å². The van der Waals surface area contributed by atoms with Gasteiger partial charge in [0.1, 0.15) is 5.75 Å². The van der Waals surface area contributed by atoms with E-state index in [1.807, 2.05) is 37.3 Å². The molecule has 1 heterocycles. The van der Waals surface area contributed by atoms with Crippen LogP contribution < -0.4 is 10.6 Å². The monoisotopic (exact) mass is 300 g/mol. The zero-order valence-electron chi connectivity index (χ0n) is 11.6. The second kappa shape index (κ2) is 5.69. The van der Waals surface area contributed by atoms with Crippen LogP contribution in [0.1, 0.15) is 18.5 Å². The minimum atomic E-state index is 0.0330. The van der Waals surface area contributed by atoms with Gasteiger partial charge < -0.3 is 15.7 Å². The Morgan fingerprint density at radius 3 is 2.95 bits per heavy atom. The Hall–Kier alpha value is -2.14. The van der Waals surface area contributed by atoms with Crippen LogP contribution in [0.15, 0.2) is 47.4 Å². The zero-order chi connectivity index (χ0) is 14.8. The van der Waals surface area contributed by atoms with Gasteiger partial charge in [0, 0.05) is 16.6 Å². The van der Waals surface area contributed by atoms with Gasteiger partial charge >= 0.3 is 0 Å². The molecule has 4 nitrogen and oxygen atoms in total. The molecule has 1 atom stereocenters. The van der Waals surface area contributed by atoms with Crippen molar-refractivity contribution in [3.05, 3.63) is 48.0 Å². The lowest BCUT2D eigenvalue weighted by molar-refractivity contribution is -0.113. The molecule has 21 heavy (non-hydrogen) atoms. The summed E-state index contributed by atoms with van der Waals surface area (Å²) in [5.41, 5.74) is 2.79. The smallest absolute Gasteiger partial charge is 0.234 e. The van der Waals surface area contributed by atoms with E-state index < -0.39 is 0 Å². The molecule has 5 heteroatoms. The first kappa shape index (κ1) is 13.8. The molecular formula is C16H16N2O2S. The maximum Gasteiger partial charge on any atom is 0.234 e. The number of nitrogens with one attached hydrogen (secondary N) is 2. The highest BCUT2D eigenvalue weighted by molar-refractivity contribution is 8.00. The van der Waals surface area contributed by atoms with Crippen LogP contribution >= 0.6 is 11.8 Å². The molecule has 1 aliphatic rings. The summed E-state index contributed by atoms with van der Waals surface area (Å²) < 4.78 is 0. The second-order valence-corrected chi connectivity index (χ2v) is 6.03. The van der Waals surface area contributed by atoms with E-state index in [0.29, 0.717) is 5.75 Å². The lowest BCUT2D eigenvalue weighted by Gasteiger charge is -2.20. The molecule has 0 bridgehead atoms. The van der Waals surface area contributed by atoms with E-state index in [9.17, 15) is 9.90 Å². The number of anilines is 2. The van der Waals surface area contributed by atoms with Crippen LogP contribution in [-0.2, 0) is 4.79 Å². The topological polar surface area (TPSA) is 61.4 Å². The Morgan fingerprint density at radius 2 is 2.14 bits per heavy atom. The van der Waals surface area contributed by atoms with Crippen LogP contribution in [0.5, 0.6) is 5.75 Å². The van der Waals surface area contributed by atoms with Crippen molar-refractivity contribution >= 4 is 29.0 Å². The highest BCUT2D eigenvalue weighted by Crippen LogP contribution is 2.34. The molecule has 108 valence electrons. The van der Waals surface area contributed by atoms with Gasteiger partial charge in [-0.25, -0.2) is 0 Å². The summed E-state index contributed by atoms with van der Waals surface area (Å²) >= 11 is 1.55. The number of aromatic hydroxyl groups is 1. The van der Waals surface area contributed by atoms with Crippen molar-refractivity contribution in [3.63, 3.8) is 0 Å². The van der Waals surface area contributed by atoms with Gasteiger partial charge in [-0.2, -0.15) is 0 Å². The maximum absolute atomic E-state index is 11.4. The summed E-state index contributed by atoms with van der Waals surface area (Å²) in [5, 5.41) is 15.8. The van der Waals surface area contributed by atoms with Crippen LogP contribution in [0, 0.1) is 0 Å². The predicted octanol–water partition coefficient (Wildman–Crippen LogP) is 3.61. The van der Waals surface area contributed by atoms with Crippen molar-refractivity contribution in [1.29, 1.82) is 0 Å². The van der Waals surface area contributed by atoms with Crippen molar-refractivity contribution in [2.45, 2.75) is 17.9 Å². The largest absolute Gasteiger partial charge is 0.508 e. The number of rotatable bonds is 3. The van der Waals surface area contributed by atoms with Crippen molar-refractivity contribution < 1.29 is 9.90 Å². The normalized spacial score (nSPS) is 15.0. The SMILES string of the molecule is CC(Nc1ccc2c(c1)NC(=O)CS2)c1cccc(O)c1. The number of benzene rings is 2. The standard InChI is InChI=1S/C16H16N2O2S/c1-10(11-3-2-4-13(19)7-11)17-12-5-6-15-14(8-12)18-16(20)9-21-15/h2-8,10,17,19H,9H2,1H3,(H,18,20). The highest BCUT2D eigenvalue weighted by Gasteiger charge is 2.16. The number of phenols is 1. The molecule has 0 saturated carbocycles. The fourth-order valence-electron chi connectivity index (χ4n) is 2.30. The molecule has 0 fully saturated rings. The molecule has 3 N–H and O–H groups in total. The fraction of sp³-hybridized carbons (Fsp3) is 0.188. The minimum absolute atomic E-state index is 0.0330.